The molecule has 0 bridgehead atoms. The maximum Gasteiger partial charge on any atom is 0.573 e. The zero-order valence-electron chi connectivity index (χ0n) is 16.2. The van der Waals surface area contributed by atoms with E-state index >= 15 is 0 Å². The lowest BCUT2D eigenvalue weighted by atomic mass is 10.1. The van der Waals surface area contributed by atoms with E-state index < -0.39 is 64.9 Å². The van der Waals surface area contributed by atoms with Gasteiger partial charge in [0.2, 0.25) is 0 Å². The zero-order chi connectivity index (χ0) is 25.6. The number of anilines is 1. The third-order valence-corrected chi connectivity index (χ3v) is 6.95. The molecule has 0 aliphatic carbocycles. The van der Waals surface area contributed by atoms with E-state index in [0.29, 0.717) is 19.1 Å². The van der Waals surface area contributed by atoms with Gasteiger partial charge in [0.15, 0.2) is 15.4 Å². The molecule has 0 saturated carbocycles. The summed E-state index contributed by atoms with van der Waals surface area (Å²) in [5, 5.41) is 12.0. The number of nitrogens with one attached hydrogen (secondary N) is 1. The van der Waals surface area contributed by atoms with Crippen molar-refractivity contribution in [2.24, 2.45) is 0 Å². The van der Waals surface area contributed by atoms with Crippen molar-refractivity contribution in [2.45, 2.75) is 28.7 Å². The van der Waals surface area contributed by atoms with E-state index in [0.717, 1.165) is 24.3 Å². The van der Waals surface area contributed by atoms with Crippen LogP contribution in [0.15, 0.2) is 58.3 Å². The number of rotatable bonds is 7. The Hall–Kier alpha value is -2.59. The molecule has 2 aromatic carbocycles. The number of carbonyl (C=O) groups excluding carboxylic acids is 1. The van der Waals surface area contributed by atoms with Crippen molar-refractivity contribution in [2.75, 3.05) is 11.1 Å². The van der Waals surface area contributed by atoms with Crippen LogP contribution in [0.4, 0.5) is 38.3 Å². The number of alkyl halides is 3. The summed E-state index contributed by atoms with van der Waals surface area (Å²) in [7, 11) is -14.7. The molecular weight excluding hydrogens is 514 g/mol. The Bertz CT molecular complexity index is 1180. The zero-order valence-corrected chi connectivity index (χ0v) is 17.9. The maximum absolute atomic E-state index is 12.9. The molecule has 0 aliphatic rings. The minimum atomic E-state index is -10.1. The predicted octanol–water partition coefficient (Wildman–Crippen LogP) is 5.41. The van der Waals surface area contributed by atoms with Crippen LogP contribution in [-0.2, 0) is 14.6 Å². The first kappa shape index (κ1) is 26.7. The summed E-state index contributed by atoms with van der Waals surface area (Å²) >= 11 is 0. The van der Waals surface area contributed by atoms with Crippen LogP contribution in [0.3, 0.4) is 0 Å². The highest BCUT2D eigenvalue weighted by Gasteiger charge is 2.65. The third-order valence-electron chi connectivity index (χ3n) is 3.90. The van der Waals surface area contributed by atoms with Crippen molar-refractivity contribution >= 4 is 31.7 Å². The smallest absolute Gasteiger partial charge is 0.406 e. The van der Waals surface area contributed by atoms with Gasteiger partial charge in [-0.2, -0.15) is 0 Å². The van der Waals surface area contributed by atoms with Gasteiger partial charge in [0.1, 0.15) is 10.6 Å². The molecule has 16 heteroatoms. The van der Waals surface area contributed by atoms with Crippen LogP contribution in [-0.4, -0.2) is 37.1 Å². The monoisotopic (exact) mass is 529 g/mol. The number of amides is 1. The van der Waals surface area contributed by atoms with Crippen LogP contribution in [0.1, 0.15) is 6.92 Å². The van der Waals surface area contributed by atoms with Crippen molar-refractivity contribution in [3.8, 4) is 5.75 Å². The summed E-state index contributed by atoms with van der Waals surface area (Å²) in [4.78, 5) is 9.16. The second kappa shape index (κ2) is 7.46. The lowest BCUT2D eigenvalue weighted by molar-refractivity contribution is -0.274. The van der Waals surface area contributed by atoms with Crippen LogP contribution in [0.2, 0.25) is 0 Å². The largest absolute Gasteiger partial charge is 0.573 e. The molecule has 0 aromatic heterocycles. The highest BCUT2D eigenvalue weighted by molar-refractivity contribution is 8.45. The molecule has 186 valence electrons. The van der Waals surface area contributed by atoms with Gasteiger partial charge in [-0.05, 0) is 43.3 Å². The average molecular weight is 529 g/mol. The number of ether oxygens (including phenoxy) is 1. The molecule has 1 amide bonds. The Balaban J connectivity index is 2.26. The van der Waals surface area contributed by atoms with E-state index in [1.807, 2.05) is 0 Å². The number of hydrogen-bond acceptors (Lipinski definition) is 5. The number of benzene rings is 2. The van der Waals surface area contributed by atoms with Crippen molar-refractivity contribution in [1.82, 2.24) is 0 Å². The molecule has 2 N–H and O–H groups in total. The Labute approximate surface area is 181 Å². The summed E-state index contributed by atoms with van der Waals surface area (Å²) in [5.74, 6) is -3.89. The first-order valence-corrected chi connectivity index (χ1v) is 12.1. The van der Waals surface area contributed by atoms with Crippen molar-refractivity contribution in [1.29, 1.82) is 0 Å². The van der Waals surface area contributed by atoms with E-state index in [2.05, 4.69) is 4.74 Å². The number of carbonyl (C=O) groups is 1. The van der Waals surface area contributed by atoms with Crippen molar-refractivity contribution < 1.29 is 55.7 Å². The molecule has 0 fully saturated rings. The Morgan fingerprint density at radius 3 is 2.15 bits per heavy atom. The van der Waals surface area contributed by atoms with E-state index in [1.165, 1.54) is 0 Å². The van der Waals surface area contributed by atoms with E-state index in [4.69, 9.17) is 0 Å². The summed E-state index contributed by atoms with van der Waals surface area (Å²) < 4.78 is 130. The Kier molecular flexibility index (Phi) is 6.03. The molecule has 6 nitrogen and oxygen atoms in total. The molecule has 2 aromatic rings. The molecule has 1 unspecified atom stereocenters. The van der Waals surface area contributed by atoms with Crippen LogP contribution < -0.4 is 10.1 Å². The summed E-state index contributed by atoms with van der Waals surface area (Å²) in [6.07, 6.45) is -5.13. The molecule has 0 aliphatic heterocycles. The van der Waals surface area contributed by atoms with E-state index in [9.17, 15) is 50.9 Å². The molecule has 0 heterocycles. The maximum atomic E-state index is 12.9. The van der Waals surface area contributed by atoms with Gasteiger partial charge in [0.25, 0.3) is 5.91 Å². The fraction of sp³-hybridized carbons (Fsp3) is 0.235. The fourth-order valence-electron chi connectivity index (χ4n) is 2.46. The molecular formula is C17H15F8NO5S2. The Morgan fingerprint density at radius 2 is 1.61 bits per heavy atom. The van der Waals surface area contributed by atoms with Gasteiger partial charge in [-0.15, -0.1) is 13.2 Å². The molecule has 0 saturated heterocycles. The summed E-state index contributed by atoms with van der Waals surface area (Å²) in [6, 6.07) is 4.34. The molecule has 2 rings (SSSR count). The molecule has 33 heavy (non-hydrogen) atoms. The average Bonchev–Trinajstić information content (AvgIpc) is 2.58. The van der Waals surface area contributed by atoms with Crippen LogP contribution in [0.5, 0.6) is 5.75 Å². The van der Waals surface area contributed by atoms with Crippen molar-refractivity contribution in [3.63, 3.8) is 0 Å². The number of halogens is 8. The lowest BCUT2D eigenvalue weighted by Crippen LogP contribution is -2.45. The second-order valence-corrected chi connectivity index (χ2v) is 11.4. The number of hydrogen-bond donors (Lipinski definition) is 2. The van der Waals surface area contributed by atoms with Gasteiger partial charge in [0.05, 0.1) is 10.6 Å². The number of sulfone groups is 1. The predicted molar refractivity (Wildman–Crippen MR) is 102 cm³/mol. The van der Waals surface area contributed by atoms with E-state index in [-0.39, 0.29) is 12.1 Å². The van der Waals surface area contributed by atoms with E-state index in [1.54, 1.807) is 5.32 Å². The van der Waals surface area contributed by atoms with Gasteiger partial charge in [-0.1, -0.05) is 31.6 Å². The highest BCUT2D eigenvalue weighted by atomic mass is 32.5. The summed E-state index contributed by atoms with van der Waals surface area (Å²) in [5.41, 5.74) is -3.64. The van der Waals surface area contributed by atoms with Gasteiger partial charge < -0.3 is 15.2 Å². The van der Waals surface area contributed by atoms with Crippen LogP contribution in [0, 0.1) is 0 Å². The van der Waals surface area contributed by atoms with Crippen LogP contribution in [0.25, 0.3) is 0 Å². The van der Waals surface area contributed by atoms with Gasteiger partial charge >= 0.3 is 16.6 Å². The lowest BCUT2D eigenvalue weighted by Gasteiger charge is -2.40. The fourth-order valence-corrected chi connectivity index (χ4v) is 4.77. The molecule has 0 spiro atoms. The summed E-state index contributed by atoms with van der Waals surface area (Å²) in [6.45, 7) is 0.657. The standard InChI is InChI=1S/C17H15F8NO5S2/c1-16(28,10-32(29,30)13-6-3-5-12(9-13)31-17(18,19)20)15(27)26-11-4-2-7-14(8-11)33(21,22,23,24)25/h2-9,28H,10H2,1H3,(H,26,27). The molecule has 1 atom stereocenters. The normalized spacial score (nSPS) is 16.8. The van der Waals surface area contributed by atoms with Gasteiger partial charge in [0, 0.05) is 5.69 Å². The van der Waals surface area contributed by atoms with Crippen LogP contribution >= 0.6 is 10.2 Å². The highest BCUT2D eigenvalue weighted by Crippen LogP contribution is 3.02. The topological polar surface area (TPSA) is 92.7 Å². The second-order valence-electron chi connectivity index (χ2n) is 7.01. The van der Waals surface area contributed by atoms with Gasteiger partial charge in [-0.3, -0.25) is 4.79 Å². The number of aliphatic hydroxyl groups is 1. The first-order valence-electron chi connectivity index (χ1n) is 8.45. The molecule has 0 radical (unpaired) electrons. The quantitative estimate of drug-likeness (QED) is 0.469. The third kappa shape index (κ3) is 7.46. The van der Waals surface area contributed by atoms with Gasteiger partial charge in [-0.25, -0.2) is 8.42 Å². The SMILES string of the molecule is CC(O)(CS(=O)(=O)c1cccc(OC(F)(F)F)c1)C(=O)Nc1cccc(S(F)(F)(F)(F)F)c1. The minimum absolute atomic E-state index is 0.0653. The van der Waals surface area contributed by atoms with Crippen molar-refractivity contribution in [3.05, 3.63) is 48.5 Å². The first-order chi connectivity index (χ1) is 14.5. The Morgan fingerprint density at radius 1 is 1.03 bits per heavy atom. The minimum Gasteiger partial charge on any atom is -0.406 e.